The third kappa shape index (κ3) is 6.54. The van der Waals surface area contributed by atoms with Crippen LogP contribution in [0.25, 0.3) is 0 Å². The average molecular weight is 447 g/mol. The molecule has 2 N–H and O–H groups in total. The Labute approximate surface area is 192 Å². The Morgan fingerprint density at radius 2 is 1.38 bits per heavy atom. The van der Waals surface area contributed by atoms with Gasteiger partial charge in [0, 0.05) is 6.42 Å². The molecule has 166 valence electrons. The van der Waals surface area contributed by atoms with E-state index in [0.29, 0.717) is 0 Å². The second kappa shape index (κ2) is 11.6. The molecular formula is C27H30N2O2S. The number of terminal acetylenes is 1. The van der Waals surface area contributed by atoms with E-state index in [1.54, 1.807) is 12.1 Å². The molecule has 0 radical (unpaired) electrons. The summed E-state index contributed by atoms with van der Waals surface area (Å²) in [6.07, 6.45) is 7.95. The Balaban J connectivity index is 1.95. The molecule has 3 aromatic carbocycles. The molecule has 3 aromatic rings. The van der Waals surface area contributed by atoms with Crippen LogP contribution in [0.1, 0.15) is 48.0 Å². The minimum absolute atomic E-state index is 0.246. The molecule has 32 heavy (non-hydrogen) atoms. The highest BCUT2D eigenvalue weighted by atomic mass is 32.2. The summed E-state index contributed by atoms with van der Waals surface area (Å²) in [5.74, 6) is 2.67. The van der Waals surface area contributed by atoms with Crippen LogP contribution < -0.4 is 10.0 Å². The molecule has 3 rings (SSSR count). The minimum atomic E-state index is -3.73. The van der Waals surface area contributed by atoms with Crippen molar-refractivity contribution in [2.75, 3.05) is 6.54 Å². The van der Waals surface area contributed by atoms with E-state index in [4.69, 9.17) is 6.42 Å². The zero-order chi connectivity index (χ0) is 22.8. The van der Waals surface area contributed by atoms with Crippen molar-refractivity contribution in [3.05, 3.63) is 102 Å². The number of unbranched alkanes of at least 4 members (excludes halogenated alkanes) is 2. The Morgan fingerprint density at radius 3 is 1.94 bits per heavy atom. The molecule has 0 amide bonds. The fourth-order valence-corrected chi connectivity index (χ4v) is 4.88. The van der Waals surface area contributed by atoms with E-state index in [1.165, 1.54) is 0 Å². The maximum absolute atomic E-state index is 13.3. The summed E-state index contributed by atoms with van der Waals surface area (Å²) >= 11 is 0. The molecule has 0 bridgehead atoms. The third-order valence-electron chi connectivity index (χ3n) is 5.38. The van der Waals surface area contributed by atoms with Gasteiger partial charge in [-0.25, -0.2) is 13.1 Å². The van der Waals surface area contributed by atoms with Crippen molar-refractivity contribution >= 4 is 10.0 Å². The number of sulfonamides is 1. The molecule has 4 nitrogen and oxygen atoms in total. The largest absolute Gasteiger partial charge is 0.308 e. The van der Waals surface area contributed by atoms with Crippen molar-refractivity contribution in [3.63, 3.8) is 0 Å². The summed E-state index contributed by atoms with van der Waals surface area (Å²) in [5.41, 5.74) is 2.93. The zero-order valence-corrected chi connectivity index (χ0v) is 19.2. The zero-order valence-electron chi connectivity index (χ0n) is 18.4. The minimum Gasteiger partial charge on any atom is -0.308 e. The number of nitrogens with one attached hydrogen (secondary N) is 2. The van der Waals surface area contributed by atoms with Crippen molar-refractivity contribution < 1.29 is 8.42 Å². The number of rotatable bonds is 11. The van der Waals surface area contributed by atoms with Gasteiger partial charge in [-0.3, -0.25) is 0 Å². The van der Waals surface area contributed by atoms with Gasteiger partial charge in [0.1, 0.15) is 0 Å². The van der Waals surface area contributed by atoms with Crippen molar-refractivity contribution in [1.82, 2.24) is 10.0 Å². The second-order valence-corrected chi connectivity index (χ2v) is 9.54. The van der Waals surface area contributed by atoms with Gasteiger partial charge in [0.05, 0.1) is 17.0 Å². The first-order chi connectivity index (χ1) is 15.5. The monoisotopic (exact) mass is 446 g/mol. The first-order valence-electron chi connectivity index (χ1n) is 10.9. The van der Waals surface area contributed by atoms with E-state index in [9.17, 15) is 8.42 Å². The van der Waals surface area contributed by atoms with Crippen molar-refractivity contribution in [2.45, 2.75) is 43.2 Å². The van der Waals surface area contributed by atoms with Crippen LogP contribution in [-0.4, -0.2) is 15.0 Å². The van der Waals surface area contributed by atoms with E-state index in [-0.39, 0.29) is 10.9 Å². The predicted octanol–water partition coefficient (Wildman–Crippen LogP) is 5.15. The molecule has 0 aliphatic heterocycles. The number of benzene rings is 3. The second-order valence-electron chi connectivity index (χ2n) is 7.83. The van der Waals surface area contributed by atoms with Crippen LogP contribution in [0.2, 0.25) is 0 Å². The lowest BCUT2D eigenvalue weighted by atomic mass is 9.94. The van der Waals surface area contributed by atoms with Crippen LogP contribution in [0.3, 0.4) is 0 Å². The molecule has 0 saturated carbocycles. The first kappa shape index (κ1) is 23.7. The lowest BCUT2D eigenvalue weighted by Gasteiger charge is -2.30. The Morgan fingerprint density at radius 1 is 0.812 bits per heavy atom. The lowest BCUT2D eigenvalue weighted by Crippen LogP contribution is -2.39. The normalized spacial score (nSPS) is 13.2. The van der Waals surface area contributed by atoms with E-state index in [2.05, 4.69) is 16.0 Å². The van der Waals surface area contributed by atoms with Crippen LogP contribution in [0.15, 0.2) is 89.8 Å². The molecule has 0 aromatic heterocycles. The molecular weight excluding hydrogens is 416 g/mol. The molecule has 0 spiro atoms. The Hall–Kier alpha value is -2.91. The number of aryl methyl sites for hydroxylation is 1. The van der Waals surface area contributed by atoms with Crippen LogP contribution in [0.4, 0.5) is 0 Å². The van der Waals surface area contributed by atoms with Crippen molar-refractivity contribution in [1.29, 1.82) is 0 Å². The molecule has 0 unspecified atom stereocenters. The number of hydrogen-bond acceptors (Lipinski definition) is 3. The van der Waals surface area contributed by atoms with E-state index in [1.807, 2.05) is 79.7 Å². The van der Waals surface area contributed by atoms with Gasteiger partial charge in [-0.1, -0.05) is 78.4 Å². The van der Waals surface area contributed by atoms with Gasteiger partial charge >= 0.3 is 0 Å². The maximum atomic E-state index is 13.3. The molecule has 0 aliphatic carbocycles. The SMILES string of the molecule is C#CCCCCN[C@H](c1ccccc1)[C@H](NS(=O)(=O)c1ccc(C)cc1)c1ccccc1. The van der Waals surface area contributed by atoms with Crippen LogP contribution in [-0.2, 0) is 10.0 Å². The van der Waals surface area contributed by atoms with Gasteiger partial charge in [0.2, 0.25) is 10.0 Å². The lowest BCUT2D eigenvalue weighted by molar-refractivity contribution is 0.418. The van der Waals surface area contributed by atoms with Crippen molar-refractivity contribution in [3.8, 4) is 12.3 Å². The van der Waals surface area contributed by atoms with Crippen molar-refractivity contribution in [2.24, 2.45) is 0 Å². The smallest absolute Gasteiger partial charge is 0.241 e. The third-order valence-corrected chi connectivity index (χ3v) is 6.83. The van der Waals surface area contributed by atoms with Gasteiger partial charge in [-0.15, -0.1) is 12.3 Å². The van der Waals surface area contributed by atoms with Crippen LogP contribution >= 0.6 is 0 Å². The van der Waals surface area contributed by atoms with Gasteiger partial charge in [0.25, 0.3) is 0 Å². The molecule has 0 fully saturated rings. The highest BCUT2D eigenvalue weighted by molar-refractivity contribution is 7.89. The fraction of sp³-hybridized carbons (Fsp3) is 0.259. The molecule has 0 aliphatic rings. The standard InChI is InChI=1S/C27H30N2O2S/c1-3-4-5-12-21-28-26(23-13-8-6-9-14-23)27(24-15-10-7-11-16-24)29-32(30,31)25-19-17-22(2)18-20-25/h1,6-11,13-20,26-29H,4-5,12,21H2,2H3/t26-,27-/m1/s1. The highest BCUT2D eigenvalue weighted by Crippen LogP contribution is 2.31. The predicted molar refractivity (Wildman–Crippen MR) is 131 cm³/mol. The molecule has 5 heteroatoms. The summed E-state index contributed by atoms with van der Waals surface area (Å²) < 4.78 is 29.6. The van der Waals surface area contributed by atoms with E-state index < -0.39 is 16.1 Å². The van der Waals surface area contributed by atoms with Gasteiger partial charge in [0.15, 0.2) is 0 Å². The summed E-state index contributed by atoms with van der Waals surface area (Å²) in [6, 6.07) is 25.8. The van der Waals surface area contributed by atoms with E-state index in [0.717, 1.165) is 42.5 Å². The summed E-state index contributed by atoms with van der Waals surface area (Å²) in [6.45, 7) is 2.67. The Bertz CT molecular complexity index is 1110. The van der Waals surface area contributed by atoms with Gasteiger partial charge < -0.3 is 5.32 Å². The summed E-state index contributed by atoms with van der Waals surface area (Å²) in [4.78, 5) is 0.255. The molecule has 0 saturated heterocycles. The average Bonchev–Trinajstić information content (AvgIpc) is 2.82. The van der Waals surface area contributed by atoms with Crippen LogP contribution in [0.5, 0.6) is 0 Å². The Kier molecular flexibility index (Phi) is 8.64. The van der Waals surface area contributed by atoms with Crippen LogP contribution in [0, 0.1) is 19.3 Å². The maximum Gasteiger partial charge on any atom is 0.241 e. The van der Waals surface area contributed by atoms with Gasteiger partial charge in [-0.2, -0.15) is 0 Å². The van der Waals surface area contributed by atoms with Gasteiger partial charge in [-0.05, 0) is 49.6 Å². The topological polar surface area (TPSA) is 58.2 Å². The summed E-state index contributed by atoms with van der Waals surface area (Å²) in [7, 11) is -3.73. The summed E-state index contributed by atoms with van der Waals surface area (Å²) in [5, 5.41) is 3.58. The number of hydrogen-bond donors (Lipinski definition) is 2. The first-order valence-corrected chi connectivity index (χ1v) is 12.4. The van der Waals surface area contributed by atoms with E-state index >= 15 is 0 Å². The highest BCUT2D eigenvalue weighted by Gasteiger charge is 2.29. The molecule has 0 heterocycles. The quantitative estimate of drug-likeness (QED) is 0.316. The fourth-order valence-electron chi connectivity index (χ4n) is 3.64. The molecule has 2 atom stereocenters.